The Morgan fingerprint density at radius 2 is 2.00 bits per heavy atom. The average molecular weight is 336 g/mol. The van der Waals surface area contributed by atoms with E-state index >= 15 is 0 Å². The summed E-state index contributed by atoms with van der Waals surface area (Å²) in [5.41, 5.74) is 3.61. The van der Waals surface area contributed by atoms with Gasteiger partial charge in [-0.3, -0.25) is 4.79 Å². The predicted octanol–water partition coefficient (Wildman–Crippen LogP) is 4.70. The maximum atomic E-state index is 12.5. The first-order valence-corrected chi connectivity index (χ1v) is 8.55. The summed E-state index contributed by atoms with van der Waals surface area (Å²) in [6, 6.07) is 15.6. The van der Waals surface area contributed by atoms with E-state index < -0.39 is 0 Å². The zero-order chi connectivity index (χ0) is 17.8. The molecule has 1 amide bonds. The maximum Gasteiger partial charge on any atom is 0.255 e. The summed E-state index contributed by atoms with van der Waals surface area (Å²) < 4.78 is 7.37. The molecule has 0 aliphatic carbocycles. The van der Waals surface area contributed by atoms with E-state index in [1.807, 2.05) is 36.4 Å². The second-order valence-electron chi connectivity index (χ2n) is 6.72. The summed E-state index contributed by atoms with van der Waals surface area (Å²) >= 11 is 0. The van der Waals surface area contributed by atoms with Crippen molar-refractivity contribution in [3.8, 4) is 0 Å². The Hall–Kier alpha value is -2.59. The number of anilines is 1. The molecule has 0 saturated heterocycles. The van der Waals surface area contributed by atoms with Crippen molar-refractivity contribution in [3.63, 3.8) is 0 Å². The van der Waals surface area contributed by atoms with Gasteiger partial charge in [-0.15, -0.1) is 0 Å². The molecule has 0 radical (unpaired) electrons. The Kier molecular flexibility index (Phi) is 5.19. The number of aromatic nitrogens is 1. The van der Waals surface area contributed by atoms with Gasteiger partial charge in [0.2, 0.25) is 0 Å². The van der Waals surface area contributed by atoms with Crippen molar-refractivity contribution >= 4 is 22.5 Å². The van der Waals surface area contributed by atoms with Gasteiger partial charge in [0.05, 0.1) is 6.61 Å². The average Bonchev–Trinajstić information content (AvgIpc) is 2.97. The summed E-state index contributed by atoms with van der Waals surface area (Å²) in [7, 11) is 1.65. The Bertz CT molecular complexity index is 880. The van der Waals surface area contributed by atoms with E-state index in [9.17, 15) is 4.79 Å². The predicted molar refractivity (Wildman–Crippen MR) is 102 cm³/mol. The SMILES string of the molecule is COCc1cccc(C(=O)Nc2ccc3c(ccn3CC(C)C)c2)c1. The van der Waals surface area contributed by atoms with Crippen LogP contribution in [0.1, 0.15) is 29.8 Å². The second-order valence-corrected chi connectivity index (χ2v) is 6.72. The highest BCUT2D eigenvalue weighted by Crippen LogP contribution is 2.22. The Balaban J connectivity index is 1.78. The molecule has 1 aromatic heterocycles. The highest BCUT2D eigenvalue weighted by atomic mass is 16.5. The molecule has 4 heteroatoms. The van der Waals surface area contributed by atoms with Gasteiger partial charge in [-0.1, -0.05) is 26.0 Å². The zero-order valence-corrected chi connectivity index (χ0v) is 15.0. The number of amides is 1. The number of rotatable bonds is 6. The molecule has 0 atom stereocenters. The van der Waals surface area contributed by atoms with Crippen LogP contribution in [0.5, 0.6) is 0 Å². The quantitative estimate of drug-likeness (QED) is 0.709. The third-order valence-electron chi connectivity index (χ3n) is 4.09. The number of hydrogen-bond donors (Lipinski definition) is 1. The van der Waals surface area contributed by atoms with Crippen molar-refractivity contribution in [2.24, 2.45) is 5.92 Å². The van der Waals surface area contributed by atoms with Crippen LogP contribution < -0.4 is 5.32 Å². The van der Waals surface area contributed by atoms with Crippen LogP contribution in [0.4, 0.5) is 5.69 Å². The number of carbonyl (C=O) groups is 1. The molecule has 25 heavy (non-hydrogen) atoms. The van der Waals surface area contributed by atoms with E-state index in [1.54, 1.807) is 7.11 Å². The number of fused-ring (bicyclic) bond motifs is 1. The van der Waals surface area contributed by atoms with E-state index in [0.717, 1.165) is 23.2 Å². The fourth-order valence-corrected chi connectivity index (χ4v) is 3.00. The number of nitrogens with one attached hydrogen (secondary N) is 1. The highest BCUT2D eigenvalue weighted by molar-refractivity contribution is 6.05. The first-order valence-electron chi connectivity index (χ1n) is 8.55. The Labute approximate surface area is 148 Å². The van der Waals surface area contributed by atoms with Crippen LogP contribution in [0.15, 0.2) is 54.7 Å². The summed E-state index contributed by atoms with van der Waals surface area (Å²) in [4.78, 5) is 12.5. The van der Waals surface area contributed by atoms with Crippen LogP contribution in [0.25, 0.3) is 10.9 Å². The molecule has 0 bridgehead atoms. The van der Waals surface area contributed by atoms with Crippen LogP contribution >= 0.6 is 0 Å². The van der Waals surface area contributed by atoms with Gasteiger partial charge in [0.1, 0.15) is 0 Å². The Morgan fingerprint density at radius 1 is 1.16 bits per heavy atom. The molecule has 0 fully saturated rings. The molecule has 3 aromatic rings. The van der Waals surface area contributed by atoms with Crippen LogP contribution in [-0.2, 0) is 17.9 Å². The van der Waals surface area contributed by atoms with Gasteiger partial charge in [0.25, 0.3) is 5.91 Å². The Morgan fingerprint density at radius 3 is 2.76 bits per heavy atom. The van der Waals surface area contributed by atoms with Crippen molar-refractivity contribution in [1.82, 2.24) is 4.57 Å². The number of hydrogen-bond acceptors (Lipinski definition) is 2. The molecule has 0 unspecified atom stereocenters. The molecular formula is C21H24N2O2. The number of benzene rings is 2. The molecule has 0 spiro atoms. The molecular weight excluding hydrogens is 312 g/mol. The van der Waals surface area contributed by atoms with Gasteiger partial charge in [-0.2, -0.15) is 0 Å². The van der Waals surface area contributed by atoms with Crippen molar-refractivity contribution in [1.29, 1.82) is 0 Å². The fourth-order valence-electron chi connectivity index (χ4n) is 3.00. The lowest BCUT2D eigenvalue weighted by Crippen LogP contribution is -2.12. The first-order chi connectivity index (χ1) is 12.1. The zero-order valence-electron chi connectivity index (χ0n) is 15.0. The highest BCUT2D eigenvalue weighted by Gasteiger charge is 2.09. The smallest absolute Gasteiger partial charge is 0.255 e. The van der Waals surface area contributed by atoms with Crippen molar-refractivity contribution in [3.05, 3.63) is 65.9 Å². The number of nitrogens with zero attached hydrogens (tertiary/aromatic N) is 1. The molecule has 1 heterocycles. The summed E-state index contributed by atoms with van der Waals surface area (Å²) in [6.07, 6.45) is 2.10. The van der Waals surface area contributed by atoms with E-state index in [0.29, 0.717) is 18.1 Å². The van der Waals surface area contributed by atoms with Crippen LogP contribution in [-0.4, -0.2) is 17.6 Å². The molecule has 130 valence electrons. The summed E-state index contributed by atoms with van der Waals surface area (Å²) in [5.74, 6) is 0.480. The van der Waals surface area contributed by atoms with Gasteiger partial charge in [-0.25, -0.2) is 0 Å². The van der Waals surface area contributed by atoms with Gasteiger partial charge >= 0.3 is 0 Å². The standard InChI is InChI=1S/C21H24N2O2/c1-15(2)13-23-10-9-17-12-19(7-8-20(17)23)22-21(24)18-6-4-5-16(11-18)14-25-3/h4-12,15H,13-14H2,1-3H3,(H,22,24). The normalized spacial score (nSPS) is 11.2. The topological polar surface area (TPSA) is 43.3 Å². The minimum atomic E-state index is -0.112. The third kappa shape index (κ3) is 4.09. The summed E-state index contributed by atoms with van der Waals surface area (Å²) in [5, 5.41) is 4.11. The van der Waals surface area contributed by atoms with Gasteiger partial charge in [-0.05, 0) is 47.9 Å². The van der Waals surface area contributed by atoms with E-state index in [1.165, 1.54) is 5.52 Å². The molecule has 0 aliphatic rings. The van der Waals surface area contributed by atoms with Gasteiger partial charge in [0.15, 0.2) is 0 Å². The molecule has 3 rings (SSSR count). The summed E-state index contributed by atoms with van der Waals surface area (Å²) in [6.45, 7) is 5.90. The molecule has 4 nitrogen and oxygen atoms in total. The lowest BCUT2D eigenvalue weighted by Gasteiger charge is -2.10. The van der Waals surface area contributed by atoms with Crippen LogP contribution in [0.2, 0.25) is 0 Å². The number of ether oxygens (including phenoxy) is 1. The van der Waals surface area contributed by atoms with Crippen molar-refractivity contribution in [2.45, 2.75) is 27.0 Å². The molecule has 0 aliphatic heterocycles. The van der Waals surface area contributed by atoms with E-state index in [2.05, 4.69) is 42.1 Å². The second kappa shape index (κ2) is 7.53. The molecule has 1 N–H and O–H groups in total. The number of methoxy groups -OCH3 is 1. The third-order valence-corrected chi connectivity index (χ3v) is 4.09. The van der Waals surface area contributed by atoms with Gasteiger partial charge in [0, 0.05) is 42.0 Å². The van der Waals surface area contributed by atoms with E-state index in [4.69, 9.17) is 4.74 Å². The largest absolute Gasteiger partial charge is 0.380 e. The van der Waals surface area contributed by atoms with Crippen molar-refractivity contribution in [2.75, 3.05) is 12.4 Å². The van der Waals surface area contributed by atoms with Crippen LogP contribution in [0.3, 0.4) is 0 Å². The monoisotopic (exact) mass is 336 g/mol. The lowest BCUT2D eigenvalue weighted by molar-refractivity contribution is 0.102. The van der Waals surface area contributed by atoms with E-state index in [-0.39, 0.29) is 5.91 Å². The minimum absolute atomic E-state index is 0.112. The molecule has 2 aromatic carbocycles. The van der Waals surface area contributed by atoms with Crippen LogP contribution in [0, 0.1) is 5.92 Å². The number of carbonyl (C=O) groups excluding carboxylic acids is 1. The maximum absolute atomic E-state index is 12.5. The first kappa shape index (κ1) is 17.2. The molecule has 0 saturated carbocycles. The lowest BCUT2D eigenvalue weighted by atomic mass is 10.1. The fraction of sp³-hybridized carbons (Fsp3) is 0.286. The van der Waals surface area contributed by atoms with Gasteiger partial charge < -0.3 is 14.6 Å². The minimum Gasteiger partial charge on any atom is -0.380 e. The van der Waals surface area contributed by atoms with Crippen molar-refractivity contribution < 1.29 is 9.53 Å².